The van der Waals surface area contributed by atoms with E-state index in [0.29, 0.717) is 6.73 Å². The van der Waals surface area contributed by atoms with Crippen LogP contribution >= 0.6 is 0 Å². The third-order valence-electron chi connectivity index (χ3n) is 5.57. The molecule has 8 heteroatoms. The van der Waals surface area contributed by atoms with Crippen molar-refractivity contribution in [3.8, 4) is 5.75 Å². The molecule has 7 nitrogen and oxygen atoms in total. The van der Waals surface area contributed by atoms with Gasteiger partial charge in [-0.3, -0.25) is 4.90 Å². The molecule has 1 unspecified atom stereocenters. The summed E-state index contributed by atoms with van der Waals surface area (Å²) in [7, 11) is 0. The predicted octanol–water partition coefficient (Wildman–Crippen LogP) is 0.871. The molecule has 1 saturated heterocycles. The van der Waals surface area contributed by atoms with Gasteiger partial charge < -0.3 is 16.8 Å². The Hall–Kier alpha value is -2.19. The first kappa shape index (κ1) is 20.1. The maximum absolute atomic E-state index is 5.99. The minimum atomic E-state index is -1.10. The Morgan fingerprint density at radius 3 is 2.66 bits per heavy atom. The SMILES string of the molecule is CC1=C2NOC(Nc3cc(C)c(C)c(C)c3)(N=C1)N2c1ccc2c(c1)NCO2.[H-].[Na+]. The Bertz CT molecular complexity index is 1030. The number of fused-ring (bicyclic) bond motifs is 3. The summed E-state index contributed by atoms with van der Waals surface area (Å²) in [6.45, 7) is 8.85. The number of benzene rings is 2. The maximum Gasteiger partial charge on any atom is 1.00 e. The molecule has 29 heavy (non-hydrogen) atoms. The minimum Gasteiger partial charge on any atom is -1.00 e. The smallest absolute Gasteiger partial charge is 1.00 e. The van der Waals surface area contributed by atoms with Crippen molar-refractivity contribution in [1.29, 1.82) is 0 Å². The fraction of sp³-hybridized carbons (Fsp3) is 0.286. The normalized spacial score (nSPS) is 21.2. The average molecular weight is 401 g/mol. The van der Waals surface area contributed by atoms with Gasteiger partial charge in [0.15, 0.2) is 6.73 Å². The number of aliphatic imine (C=N–C) groups is 1. The molecule has 0 aliphatic carbocycles. The quantitative estimate of drug-likeness (QED) is 0.664. The first-order valence-electron chi connectivity index (χ1n) is 9.34. The summed E-state index contributed by atoms with van der Waals surface area (Å²) in [5, 5.41) is 6.73. The van der Waals surface area contributed by atoms with E-state index in [9.17, 15) is 0 Å². The zero-order chi connectivity index (χ0) is 19.5. The van der Waals surface area contributed by atoms with Crippen molar-refractivity contribution in [2.45, 2.75) is 33.7 Å². The average Bonchev–Trinajstić information content (AvgIpc) is 3.24. The molecule has 1 atom stereocenters. The van der Waals surface area contributed by atoms with E-state index in [1.165, 1.54) is 16.7 Å². The van der Waals surface area contributed by atoms with Gasteiger partial charge in [0.1, 0.15) is 11.6 Å². The van der Waals surface area contributed by atoms with Crippen LogP contribution in [0.1, 0.15) is 25.0 Å². The van der Waals surface area contributed by atoms with E-state index in [1.807, 2.05) is 30.2 Å². The van der Waals surface area contributed by atoms with Crippen LogP contribution in [0.2, 0.25) is 0 Å². The molecule has 3 heterocycles. The van der Waals surface area contributed by atoms with Crippen molar-refractivity contribution in [1.82, 2.24) is 5.48 Å². The van der Waals surface area contributed by atoms with Gasteiger partial charge in [0, 0.05) is 17.5 Å². The Labute approximate surface area is 193 Å². The Kier molecular flexibility index (Phi) is 5.02. The second-order valence-corrected chi connectivity index (χ2v) is 7.44. The summed E-state index contributed by atoms with van der Waals surface area (Å²) in [5.41, 5.74) is 10.6. The maximum atomic E-state index is 5.99. The molecule has 2 bridgehead atoms. The van der Waals surface area contributed by atoms with E-state index < -0.39 is 5.97 Å². The molecule has 3 aliphatic rings. The first-order chi connectivity index (χ1) is 13.5. The van der Waals surface area contributed by atoms with E-state index in [-0.39, 0.29) is 31.0 Å². The first-order valence-corrected chi connectivity index (χ1v) is 9.34. The standard InChI is InChI=1S/C21H23N5O2.Na.H/c1-12-7-16(8-13(2)15(12)4)24-21-23-10-14(3)20(25-28-21)26(21)17-5-6-19-18(9-17)22-11-27-19;;/h5-10,22,24-25H,11H2,1-4H3;;/q;+1;-1. The van der Waals surface area contributed by atoms with Crippen molar-refractivity contribution in [3.63, 3.8) is 0 Å². The molecule has 0 spiro atoms. The molecule has 5 rings (SSSR count). The van der Waals surface area contributed by atoms with Gasteiger partial charge in [0.25, 0.3) is 0 Å². The third-order valence-corrected chi connectivity index (χ3v) is 5.57. The summed E-state index contributed by atoms with van der Waals surface area (Å²) < 4.78 is 5.56. The topological polar surface area (TPSA) is 70.2 Å². The fourth-order valence-electron chi connectivity index (χ4n) is 3.78. The van der Waals surface area contributed by atoms with Gasteiger partial charge in [-0.05, 0) is 74.7 Å². The van der Waals surface area contributed by atoms with Gasteiger partial charge >= 0.3 is 35.5 Å². The van der Waals surface area contributed by atoms with Gasteiger partial charge in [-0.15, -0.1) is 0 Å². The Morgan fingerprint density at radius 2 is 1.90 bits per heavy atom. The molecule has 0 amide bonds. The molecule has 3 aliphatic heterocycles. The van der Waals surface area contributed by atoms with E-state index in [4.69, 9.17) is 14.6 Å². The van der Waals surface area contributed by atoms with Crippen LogP contribution in [0, 0.1) is 20.8 Å². The predicted molar refractivity (Wildman–Crippen MR) is 112 cm³/mol. The van der Waals surface area contributed by atoms with E-state index in [0.717, 1.165) is 34.2 Å². The van der Waals surface area contributed by atoms with Crippen molar-refractivity contribution < 1.29 is 40.6 Å². The summed E-state index contributed by atoms with van der Waals surface area (Å²) in [6.07, 6.45) is 1.83. The van der Waals surface area contributed by atoms with Crippen LogP contribution in [0.25, 0.3) is 0 Å². The number of nitrogens with zero attached hydrogens (tertiary/aromatic N) is 2. The molecule has 0 aromatic heterocycles. The van der Waals surface area contributed by atoms with Crippen molar-refractivity contribution >= 4 is 23.3 Å². The largest absolute Gasteiger partial charge is 1.00 e. The van der Waals surface area contributed by atoms with Crippen LogP contribution in [0.3, 0.4) is 0 Å². The molecule has 146 valence electrons. The van der Waals surface area contributed by atoms with Gasteiger partial charge in [0.05, 0.1) is 11.4 Å². The molecular formula is C21H24N5NaO2. The Morgan fingerprint density at radius 1 is 1.14 bits per heavy atom. The second-order valence-electron chi connectivity index (χ2n) is 7.44. The number of hydrogen-bond acceptors (Lipinski definition) is 7. The van der Waals surface area contributed by atoms with Crippen LogP contribution in [0.4, 0.5) is 17.1 Å². The van der Waals surface area contributed by atoms with Crippen molar-refractivity contribution in [2.75, 3.05) is 22.3 Å². The number of hydroxylamine groups is 1. The van der Waals surface area contributed by atoms with Crippen LogP contribution < -0.4 is 55.3 Å². The summed E-state index contributed by atoms with van der Waals surface area (Å²) in [4.78, 5) is 12.8. The van der Waals surface area contributed by atoms with E-state index in [2.05, 4.69) is 55.1 Å². The zero-order valence-corrected chi connectivity index (χ0v) is 19.4. The van der Waals surface area contributed by atoms with Gasteiger partial charge in [0.2, 0.25) is 0 Å². The number of aryl methyl sites for hydroxylation is 2. The summed E-state index contributed by atoms with van der Waals surface area (Å²) >= 11 is 0. The third kappa shape index (κ3) is 3.18. The minimum absolute atomic E-state index is 0. The molecule has 0 saturated carbocycles. The second kappa shape index (κ2) is 7.25. The number of nitrogens with one attached hydrogen (secondary N) is 3. The molecule has 1 fully saturated rings. The van der Waals surface area contributed by atoms with Crippen LogP contribution in [0.15, 0.2) is 46.7 Å². The molecular weight excluding hydrogens is 377 g/mol. The van der Waals surface area contributed by atoms with E-state index >= 15 is 0 Å². The number of hydrogen-bond donors (Lipinski definition) is 3. The van der Waals surface area contributed by atoms with Crippen LogP contribution in [-0.4, -0.2) is 18.9 Å². The summed E-state index contributed by atoms with van der Waals surface area (Å²) in [5.74, 6) is 0.612. The molecule has 3 N–H and O–H groups in total. The number of anilines is 3. The van der Waals surface area contributed by atoms with Crippen LogP contribution in [0.5, 0.6) is 5.75 Å². The van der Waals surface area contributed by atoms with E-state index in [1.54, 1.807) is 0 Å². The number of allylic oxidation sites excluding steroid dienone is 1. The van der Waals surface area contributed by atoms with Crippen molar-refractivity contribution in [3.05, 3.63) is 58.4 Å². The number of rotatable bonds is 3. The molecule has 0 radical (unpaired) electrons. The molecule has 2 aromatic rings. The summed E-state index contributed by atoms with van der Waals surface area (Å²) in [6, 6.07) is 10.3. The number of ether oxygens (including phenoxy) is 1. The van der Waals surface area contributed by atoms with Crippen molar-refractivity contribution in [2.24, 2.45) is 4.99 Å². The molecule has 2 aromatic carbocycles. The van der Waals surface area contributed by atoms with Gasteiger partial charge in [-0.1, -0.05) is 0 Å². The zero-order valence-electron chi connectivity index (χ0n) is 18.4. The van der Waals surface area contributed by atoms with Crippen LogP contribution in [-0.2, 0) is 4.84 Å². The van der Waals surface area contributed by atoms with Gasteiger partial charge in [-0.2, -0.15) is 0 Å². The Balaban J connectivity index is 0.00000128. The monoisotopic (exact) mass is 401 g/mol. The van der Waals surface area contributed by atoms with Gasteiger partial charge in [-0.25, -0.2) is 15.3 Å². The fourth-order valence-corrected chi connectivity index (χ4v) is 3.78.